The highest BCUT2D eigenvalue weighted by Gasteiger charge is 2.23. The summed E-state index contributed by atoms with van der Waals surface area (Å²) >= 11 is 0. The van der Waals surface area contributed by atoms with Crippen LogP contribution in [0.25, 0.3) is 6.08 Å². The molecule has 3 nitrogen and oxygen atoms in total. The maximum atomic E-state index is 11.4. The maximum absolute atomic E-state index is 11.4. The average Bonchev–Trinajstić information content (AvgIpc) is 2.27. The molecule has 0 bridgehead atoms. The standard InChI is InChI=1S/C11H11NO2/c1-14-11(13)10-9-5-3-2-4-8(9)6-7-12-10/h2-7,10,12H,1H3. The summed E-state index contributed by atoms with van der Waals surface area (Å²) in [6.45, 7) is 0. The van der Waals surface area contributed by atoms with Gasteiger partial charge in [-0.05, 0) is 23.4 Å². The van der Waals surface area contributed by atoms with Crippen molar-refractivity contribution >= 4 is 12.0 Å². The predicted molar refractivity (Wildman–Crippen MR) is 53.4 cm³/mol. The first-order valence-corrected chi connectivity index (χ1v) is 4.42. The number of carbonyl (C=O) groups is 1. The number of benzene rings is 1. The Kier molecular flexibility index (Phi) is 2.23. The monoisotopic (exact) mass is 189 g/mol. The minimum atomic E-state index is -0.374. The number of hydrogen-bond donors (Lipinski definition) is 1. The number of methoxy groups -OCH3 is 1. The molecule has 0 saturated carbocycles. The Bertz CT molecular complexity index is 385. The third-order valence-corrected chi connectivity index (χ3v) is 2.27. The lowest BCUT2D eigenvalue weighted by molar-refractivity contribution is -0.143. The maximum Gasteiger partial charge on any atom is 0.332 e. The molecule has 1 N–H and O–H groups in total. The van der Waals surface area contributed by atoms with Crippen molar-refractivity contribution in [1.82, 2.24) is 5.32 Å². The van der Waals surface area contributed by atoms with Gasteiger partial charge in [-0.3, -0.25) is 0 Å². The Morgan fingerprint density at radius 1 is 1.43 bits per heavy atom. The van der Waals surface area contributed by atoms with Gasteiger partial charge >= 0.3 is 5.97 Å². The van der Waals surface area contributed by atoms with E-state index in [1.165, 1.54) is 7.11 Å². The summed E-state index contributed by atoms with van der Waals surface area (Å²) in [6, 6.07) is 7.38. The fourth-order valence-electron chi connectivity index (χ4n) is 1.56. The Hall–Kier alpha value is -1.77. The lowest BCUT2D eigenvalue weighted by atomic mass is 9.98. The van der Waals surface area contributed by atoms with Crippen LogP contribution in [0.4, 0.5) is 0 Å². The molecule has 0 fully saturated rings. The number of esters is 1. The van der Waals surface area contributed by atoms with Gasteiger partial charge in [0.25, 0.3) is 0 Å². The lowest BCUT2D eigenvalue weighted by Crippen LogP contribution is -2.28. The molecule has 1 unspecified atom stereocenters. The highest BCUT2D eigenvalue weighted by atomic mass is 16.5. The van der Waals surface area contributed by atoms with Crippen molar-refractivity contribution in [3.63, 3.8) is 0 Å². The molecule has 72 valence electrons. The van der Waals surface area contributed by atoms with Crippen LogP contribution < -0.4 is 5.32 Å². The molecular weight excluding hydrogens is 178 g/mol. The van der Waals surface area contributed by atoms with E-state index in [-0.39, 0.29) is 12.0 Å². The van der Waals surface area contributed by atoms with Crippen molar-refractivity contribution in [3.05, 3.63) is 41.6 Å². The second-order valence-corrected chi connectivity index (χ2v) is 3.09. The van der Waals surface area contributed by atoms with Gasteiger partial charge in [-0.1, -0.05) is 24.3 Å². The molecule has 14 heavy (non-hydrogen) atoms. The number of fused-ring (bicyclic) bond motifs is 1. The van der Waals surface area contributed by atoms with E-state index in [4.69, 9.17) is 4.74 Å². The van der Waals surface area contributed by atoms with Crippen LogP contribution in [0.15, 0.2) is 30.5 Å². The zero-order valence-electron chi connectivity index (χ0n) is 7.86. The normalized spacial score (nSPS) is 18.2. The average molecular weight is 189 g/mol. The fraction of sp³-hybridized carbons (Fsp3) is 0.182. The molecule has 1 aliphatic heterocycles. The molecule has 0 aliphatic carbocycles. The molecule has 0 radical (unpaired) electrons. The van der Waals surface area contributed by atoms with Gasteiger partial charge < -0.3 is 10.1 Å². The Morgan fingerprint density at radius 3 is 3.00 bits per heavy atom. The number of rotatable bonds is 1. The van der Waals surface area contributed by atoms with E-state index < -0.39 is 0 Å². The second kappa shape index (κ2) is 3.54. The van der Waals surface area contributed by atoms with Crippen LogP contribution in [-0.4, -0.2) is 13.1 Å². The molecule has 0 amide bonds. The third-order valence-electron chi connectivity index (χ3n) is 2.27. The summed E-state index contributed by atoms with van der Waals surface area (Å²) < 4.78 is 4.71. The van der Waals surface area contributed by atoms with Crippen molar-refractivity contribution in [3.8, 4) is 0 Å². The van der Waals surface area contributed by atoms with E-state index in [2.05, 4.69) is 5.32 Å². The molecule has 0 aromatic heterocycles. The van der Waals surface area contributed by atoms with Crippen molar-refractivity contribution in [1.29, 1.82) is 0 Å². The van der Waals surface area contributed by atoms with Gasteiger partial charge in [-0.15, -0.1) is 0 Å². The fourth-order valence-corrected chi connectivity index (χ4v) is 1.56. The Labute approximate surface area is 82.4 Å². The number of nitrogens with one attached hydrogen (secondary N) is 1. The van der Waals surface area contributed by atoms with Crippen LogP contribution in [0.5, 0.6) is 0 Å². The first-order chi connectivity index (χ1) is 6.83. The highest BCUT2D eigenvalue weighted by molar-refractivity contribution is 5.80. The van der Waals surface area contributed by atoms with Crippen LogP contribution in [0.2, 0.25) is 0 Å². The summed E-state index contributed by atoms with van der Waals surface area (Å²) in [4.78, 5) is 11.4. The lowest BCUT2D eigenvalue weighted by Gasteiger charge is -2.20. The summed E-state index contributed by atoms with van der Waals surface area (Å²) in [5.74, 6) is -0.262. The Morgan fingerprint density at radius 2 is 2.21 bits per heavy atom. The molecule has 3 heteroatoms. The van der Waals surface area contributed by atoms with Crippen LogP contribution in [-0.2, 0) is 9.53 Å². The zero-order valence-corrected chi connectivity index (χ0v) is 7.86. The van der Waals surface area contributed by atoms with E-state index >= 15 is 0 Å². The molecule has 2 rings (SSSR count). The van der Waals surface area contributed by atoms with Crippen LogP contribution >= 0.6 is 0 Å². The molecule has 1 aliphatic rings. The van der Waals surface area contributed by atoms with Crippen LogP contribution in [0.3, 0.4) is 0 Å². The largest absolute Gasteiger partial charge is 0.467 e. The van der Waals surface area contributed by atoms with Gasteiger partial charge in [0.15, 0.2) is 6.04 Å². The molecular formula is C11H11NO2. The quantitative estimate of drug-likeness (QED) is 0.680. The SMILES string of the molecule is COC(=O)C1NC=Cc2ccccc21. The predicted octanol–water partition coefficient (Wildman–Crippen LogP) is 1.47. The first-order valence-electron chi connectivity index (χ1n) is 4.42. The number of ether oxygens (including phenoxy) is 1. The third kappa shape index (κ3) is 1.37. The van der Waals surface area contributed by atoms with Gasteiger partial charge in [-0.25, -0.2) is 4.79 Å². The van der Waals surface area contributed by atoms with Gasteiger partial charge in [0.05, 0.1) is 7.11 Å². The van der Waals surface area contributed by atoms with E-state index in [0.29, 0.717) is 0 Å². The zero-order chi connectivity index (χ0) is 9.97. The molecule has 0 spiro atoms. The minimum Gasteiger partial charge on any atom is -0.467 e. The van der Waals surface area contributed by atoms with Crippen molar-refractivity contribution < 1.29 is 9.53 Å². The van der Waals surface area contributed by atoms with E-state index in [1.54, 1.807) is 6.20 Å². The van der Waals surface area contributed by atoms with Crippen molar-refractivity contribution in [2.75, 3.05) is 7.11 Å². The smallest absolute Gasteiger partial charge is 0.332 e. The Balaban J connectivity index is 2.40. The van der Waals surface area contributed by atoms with Gasteiger partial charge in [0.2, 0.25) is 0 Å². The molecule has 1 atom stereocenters. The molecule has 1 heterocycles. The van der Waals surface area contributed by atoms with Crippen molar-refractivity contribution in [2.24, 2.45) is 0 Å². The molecule has 0 saturated heterocycles. The van der Waals surface area contributed by atoms with Crippen LogP contribution in [0.1, 0.15) is 17.2 Å². The van der Waals surface area contributed by atoms with E-state index in [9.17, 15) is 4.79 Å². The first kappa shape index (κ1) is 8.81. The second-order valence-electron chi connectivity index (χ2n) is 3.09. The summed E-state index contributed by atoms with van der Waals surface area (Å²) in [5.41, 5.74) is 2.02. The topological polar surface area (TPSA) is 38.3 Å². The summed E-state index contributed by atoms with van der Waals surface area (Å²) in [6.07, 6.45) is 3.71. The van der Waals surface area contributed by atoms with E-state index in [0.717, 1.165) is 11.1 Å². The van der Waals surface area contributed by atoms with Crippen molar-refractivity contribution in [2.45, 2.75) is 6.04 Å². The van der Waals surface area contributed by atoms with Crippen LogP contribution in [0, 0.1) is 0 Å². The molecule has 1 aromatic rings. The highest BCUT2D eigenvalue weighted by Crippen LogP contribution is 2.23. The van der Waals surface area contributed by atoms with Gasteiger partial charge in [0.1, 0.15) is 0 Å². The summed E-state index contributed by atoms with van der Waals surface area (Å²) in [5, 5.41) is 2.97. The molecule has 1 aromatic carbocycles. The van der Waals surface area contributed by atoms with Gasteiger partial charge in [0, 0.05) is 0 Å². The number of hydrogen-bond acceptors (Lipinski definition) is 3. The van der Waals surface area contributed by atoms with Gasteiger partial charge in [-0.2, -0.15) is 0 Å². The summed E-state index contributed by atoms with van der Waals surface area (Å²) in [7, 11) is 1.39. The minimum absolute atomic E-state index is 0.262. The number of carbonyl (C=O) groups excluding carboxylic acids is 1. The van der Waals surface area contributed by atoms with E-state index in [1.807, 2.05) is 30.3 Å².